The fourth-order valence-corrected chi connectivity index (χ4v) is 3.74. The van der Waals surface area contributed by atoms with E-state index in [1.807, 2.05) is 74.5 Å². The van der Waals surface area contributed by atoms with Gasteiger partial charge >= 0.3 is 0 Å². The number of aryl methyl sites for hydroxylation is 2. The molecule has 1 atom stereocenters. The summed E-state index contributed by atoms with van der Waals surface area (Å²) in [6, 6.07) is 21.5. The third-order valence-corrected chi connectivity index (χ3v) is 5.28. The average molecular weight is 383 g/mol. The van der Waals surface area contributed by atoms with E-state index in [1.165, 1.54) is 5.56 Å². The van der Waals surface area contributed by atoms with Gasteiger partial charge in [-0.05, 0) is 25.0 Å². The highest BCUT2D eigenvalue weighted by Crippen LogP contribution is 2.40. The van der Waals surface area contributed by atoms with Gasteiger partial charge in [0.25, 0.3) is 5.56 Å². The van der Waals surface area contributed by atoms with Gasteiger partial charge in [0, 0.05) is 11.8 Å². The van der Waals surface area contributed by atoms with E-state index in [1.54, 1.807) is 4.57 Å². The molecular formula is C24H21N3O2. The smallest absolute Gasteiger partial charge is 0.259 e. The van der Waals surface area contributed by atoms with E-state index in [0.717, 1.165) is 16.8 Å². The first-order valence-corrected chi connectivity index (χ1v) is 9.42. The predicted octanol–water partition coefficient (Wildman–Crippen LogP) is 3.73. The van der Waals surface area contributed by atoms with Crippen LogP contribution in [0.3, 0.4) is 0 Å². The molecule has 1 aromatic heterocycles. The Hall–Kier alpha value is -3.78. The molecule has 0 radical (unpaired) electrons. The van der Waals surface area contributed by atoms with Crippen LogP contribution in [-0.2, 0) is 6.54 Å². The van der Waals surface area contributed by atoms with Crippen LogP contribution in [0.5, 0.6) is 5.75 Å². The lowest BCUT2D eigenvalue weighted by molar-refractivity contribution is 0.389. The third-order valence-electron chi connectivity index (χ3n) is 5.28. The van der Waals surface area contributed by atoms with Crippen molar-refractivity contribution in [3.63, 3.8) is 0 Å². The zero-order chi connectivity index (χ0) is 20.5. The molecule has 29 heavy (non-hydrogen) atoms. The summed E-state index contributed by atoms with van der Waals surface area (Å²) in [5.74, 6) is -0.0933. The molecule has 2 aromatic carbocycles. The van der Waals surface area contributed by atoms with Crippen LogP contribution in [0, 0.1) is 25.2 Å². The zero-order valence-electron chi connectivity index (χ0n) is 16.3. The highest BCUT2D eigenvalue weighted by molar-refractivity contribution is 5.55. The number of pyridine rings is 1. The molecule has 2 N–H and O–H groups in total. The van der Waals surface area contributed by atoms with Crippen molar-refractivity contribution in [3.05, 3.63) is 110 Å². The standard InChI is InChI=1S/C24H21N3O2/c1-15-8-10-17(11-9-15)14-27-16(2)12-20-22(24(27)28)21(18-6-4-3-5-7-18)19(13-25)23(26)29-20/h3-12,21H,14,26H2,1-2H3. The highest BCUT2D eigenvalue weighted by Gasteiger charge is 2.34. The van der Waals surface area contributed by atoms with Crippen LogP contribution in [0.4, 0.5) is 0 Å². The molecule has 0 saturated carbocycles. The highest BCUT2D eigenvalue weighted by atomic mass is 16.5. The first-order valence-electron chi connectivity index (χ1n) is 9.42. The summed E-state index contributed by atoms with van der Waals surface area (Å²) in [6.07, 6.45) is 0. The Morgan fingerprint density at radius 1 is 1.10 bits per heavy atom. The maximum absolute atomic E-state index is 13.6. The van der Waals surface area contributed by atoms with Crippen molar-refractivity contribution >= 4 is 0 Å². The number of hydrogen-bond donors (Lipinski definition) is 1. The SMILES string of the molecule is Cc1ccc(Cn2c(C)cc3c(c2=O)C(c2ccccc2)C(C#N)=C(N)O3)cc1. The molecule has 0 spiro atoms. The quantitative estimate of drug-likeness (QED) is 0.747. The Labute approximate surface area is 169 Å². The van der Waals surface area contributed by atoms with Crippen molar-refractivity contribution in [3.8, 4) is 11.8 Å². The molecular weight excluding hydrogens is 362 g/mol. The van der Waals surface area contributed by atoms with E-state index in [-0.39, 0.29) is 17.0 Å². The fraction of sp³-hybridized carbons (Fsp3) is 0.167. The van der Waals surface area contributed by atoms with E-state index in [2.05, 4.69) is 6.07 Å². The molecule has 0 aliphatic carbocycles. The number of fused-ring (bicyclic) bond motifs is 1. The molecule has 5 heteroatoms. The molecule has 1 aliphatic heterocycles. The monoisotopic (exact) mass is 383 g/mol. The van der Waals surface area contributed by atoms with Gasteiger partial charge in [-0.3, -0.25) is 4.79 Å². The Kier molecular flexibility index (Phi) is 4.69. The molecule has 1 unspecified atom stereocenters. The van der Waals surface area contributed by atoms with Gasteiger partial charge in [0.05, 0.1) is 18.0 Å². The van der Waals surface area contributed by atoms with Gasteiger partial charge in [-0.2, -0.15) is 5.26 Å². The van der Waals surface area contributed by atoms with Crippen LogP contribution in [0.15, 0.2) is 76.9 Å². The molecule has 0 fully saturated rings. The van der Waals surface area contributed by atoms with Crippen molar-refractivity contribution in [2.45, 2.75) is 26.3 Å². The normalized spacial score (nSPS) is 15.4. The summed E-state index contributed by atoms with van der Waals surface area (Å²) in [5, 5.41) is 9.72. The second kappa shape index (κ2) is 7.33. The van der Waals surface area contributed by atoms with Gasteiger partial charge < -0.3 is 15.0 Å². The molecule has 144 valence electrons. The van der Waals surface area contributed by atoms with E-state index in [0.29, 0.717) is 17.9 Å². The van der Waals surface area contributed by atoms with Crippen LogP contribution >= 0.6 is 0 Å². The predicted molar refractivity (Wildman–Crippen MR) is 111 cm³/mol. The molecule has 5 nitrogen and oxygen atoms in total. The van der Waals surface area contributed by atoms with Gasteiger partial charge in [0.2, 0.25) is 5.88 Å². The lowest BCUT2D eigenvalue weighted by atomic mass is 9.84. The van der Waals surface area contributed by atoms with Crippen molar-refractivity contribution in [2.24, 2.45) is 5.73 Å². The number of allylic oxidation sites excluding steroid dienone is 1. The Balaban J connectivity index is 1.90. The average Bonchev–Trinajstić information content (AvgIpc) is 2.72. The van der Waals surface area contributed by atoms with Crippen LogP contribution < -0.4 is 16.0 Å². The molecule has 0 amide bonds. The summed E-state index contributed by atoms with van der Waals surface area (Å²) in [4.78, 5) is 13.6. The maximum atomic E-state index is 13.6. The van der Waals surface area contributed by atoms with Gasteiger partial charge in [0.15, 0.2) is 0 Å². The van der Waals surface area contributed by atoms with Crippen LogP contribution in [0.25, 0.3) is 0 Å². The van der Waals surface area contributed by atoms with Gasteiger partial charge in [-0.1, -0.05) is 60.2 Å². The zero-order valence-corrected chi connectivity index (χ0v) is 16.3. The molecule has 2 heterocycles. The Morgan fingerprint density at radius 3 is 2.45 bits per heavy atom. The molecule has 4 rings (SSSR count). The van der Waals surface area contributed by atoms with E-state index in [4.69, 9.17) is 10.5 Å². The van der Waals surface area contributed by atoms with Crippen molar-refractivity contribution in [1.82, 2.24) is 4.57 Å². The fourth-order valence-electron chi connectivity index (χ4n) is 3.74. The third kappa shape index (κ3) is 3.30. The van der Waals surface area contributed by atoms with Crippen LogP contribution in [-0.4, -0.2) is 4.57 Å². The topological polar surface area (TPSA) is 81.0 Å². The van der Waals surface area contributed by atoms with Gasteiger partial charge in [-0.25, -0.2) is 0 Å². The summed E-state index contributed by atoms with van der Waals surface area (Å²) in [5.41, 5.74) is 10.4. The summed E-state index contributed by atoms with van der Waals surface area (Å²) in [6.45, 7) is 4.35. The number of nitrogens with zero attached hydrogens (tertiary/aromatic N) is 2. The van der Waals surface area contributed by atoms with Crippen molar-refractivity contribution in [1.29, 1.82) is 5.26 Å². The number of nitriles is 1. The van der Waals surface area contributed by atoms with Gasteiger partial charge in [0.1, 0.15) is 17.4 Å². The number of ether oxygens (including phenoxy) is 1. The molecule has 0 bridgehead atoms. The Bertz CT molecular complexity index is 1200. The Morgan fingerprint density at radius 2 is 1.79 bits per heavy atom. The molecule has 3 aromatic rings. The minimum atomic E-state index is -0.553. The second-order valence-corrected chi connectivity index (χ2v) is 7.28. The van der Waals surface area contributed by atoms with E-state index in [9.17, 15) is 10.1 Å². The summed E-state index contributed by atoms with van der Waals surface area (Å²) < 4.78 is 7.41. The summed E-state index contributed by atoms with van der Waals surface area (Å²) >= 11 is 0. The lowest BCUT2D eigenvalue weighted by Gasteiger charge is -2.27. The lowest BCUT2D eigenvalue weighted by Crippen LogP contribution is -2.33. The van der Waals surface area contributed by atoms with Crippen molar-refractivity contribution in [2.75, 3.05) is 0 Å². The maximum Gasteiger partial charge on any atom is 0.259 e. The minimum Gasteiger partial charge on any atom is -0.440 e. The number of benzene rings is 2. The van der Waals surface area contributed by atoms with Crippen LogP contribution in [0.2, 0.25) is 0 Å². The molecule has 0 saturated heterocycles. The minimum absolute atomic E-state index is 0.0453. The van der Waals surface area contributed by atoms with Gasteiger partial charge in [-0.15, -0.1) is 0 Å². The number of aromatic nitrogens is 1. The second-order valence-electron chi connectivity index (χ2n) is 7.28. The first-order chi connectivity index (χ1) is 14.0. The number of hydrogen-bond acceptors (Lipinski definition) is 4. The summed E-state index contributed by atoms with van der Waals surface area (Å²) in [7, 11) is 0. The van der Waals surface area contributed by atoms with E-state index < -0.39 is 5.92 Å². The van der Waals surface area contributed by atoms with E-state index >= 15 is 0 Å². The van der Waals surface area contributed by atoms with Crippen molar-refractivity contribution < 1.29 is 4.74 Å². The first kappa shape index (κ1) is 18.6. The van der Waals surface area contributed by atoms with Crippen LogP contribution in [0.1, 0.15) is 33.9 Å². The number of nitrogens with two attached hydrogens (primary N) is 1. The largest absolute Gasteiger partial charge is 0.440 e. The number of rotatable bonds is 3. The molecule has 1 aliphatic rings.